The second-order valence-corrected chi connectivity index (χ2v) is 10.5. The first kappa shape index (κ1) is 22.1. The van der Waals surface area contributed by atoms with Gasteiger partial charge in [0, 0.05) is 30.7 Å². The first-order chi connectivity index (χ1) is 15.9. The van der Waals surface area contributed by atoms with E-state index in [1.807, 2.05) is 0 Å². The molecule has 3 N–H and O–H groups in total. The fourth-order valence-corrected chi connectivity index (χ4v) is 5.86. The van der Waals surface area contributed by atoms with Crippen LogP contribution in [-0.4, -0.2) is 30.5 Å². The summed E-state index contributed by atoms with van der Waals surface area (Å²) >= 11 is 1.22. The van der Waals surface area contributed by atoms with Gasteiger partial charge in [-0.2, -0.15) is 0 Å². The molecule has 1 aromatic carbocycles. The number of piperidine rings is 1. The average molecular weight is 467 g/mol. The van der Waals surface area contributed by atoms with Gasteiger partial charge in [0.2, 0.25) is 0 Å². The second kappa shape index (κ2) is 8.93. The fourth-order valence-electron chi connectivity index (χ4n) is 4.82. The molecule has 1 saturated heterocycles. The van der Waals surface area contributed by atoms with E-state index in [1.165, 1.54) is 66.3 Å². The molecule has 3 aromatic rings. The van der Waals surface area contributed by atoms with Gasteiger partial charge < -0.3 is 16.0 Å². The van der Waals surface area contributed by atoms with Crippen LogP contribution in [0, 0.1) is 12.7 Å². The Balaban J connectivity index is 1.31. The highest BCUT2D eigenvalue weighted by atomic mass is 32.1. The van der Waals surface area contributed by atoms with Gasteiger partial charge in [0.1, 0.15) is 15.5 Å². The highest BCUT2D eigenvalue weighted by Gasteiger charge is 2.29. The van der Waals surface area contributed by atoms with Gasteiger partial charge in [0.15, 0.2) is 0 Å². The lowest BCUT2D eigenvalue weighted by atomic mass is 9.92. The van der Waals surface area contributed by atoms with Crippen LogP contribution in [0.1, 0.15) is 77.4 Å². The molecule has 2 aromatic heterocycles. The van der Waals surface area contributed by atoms with Crippen molar-refractivity contribution in [1.82, 2.24) is 10.3 Å². The van der Waals surface area contributed by atoms with Crippen molar-refractivity contribution in [2.24, 2.45) is 0 Å². The number of thiophene rings is 1. The van der Waals surface area contributed by atoms with E-state index in [1.54, 1.807) is 6.92 Å². The zero-order chi connectivity index (χ0) is 23.1. The smallest absolute Gasteiger partial charge is 0.263 e. The van der Waals surface area contributed by atoms with Crippen LogP contribution in [0.4, 0.5) is 15.8 Å². The number of amides is 1. The number of aromatic nitrogens is 1. The third-order valence-corrected chi connectivity index (χ3v) is 8.08. The SMILES string of the molecule is Cc1nc2sc(C(=O)NC[C@@H](C)c3ccc(N4CCCCC4)cc3C3CC3)c(N)c2cc1F. The minimum atomic E-state index is -0.409. The molecule has 5 rings (SSSR count). The average Bonchev–Trinajstić information content (AvgIpc) is 3.63. The lowest BCUT2D eigenvalue weighted by Crippen LogP contribution is -2.30. The van der Waals surface area contributed by atoms with Crippen molar-refractivity contribution < 1.29 is 9.18 Å². The number of pyridine rings is 1. The zero-order valence-corrected chi connectivity index (χ0v) is 20.1. The van der Waals surface area contributed by atoms with E-state index in [9.17, 15) is 9.18 Å². The van der Waals surface area contributed by atoms with Crippen LogP contribution in [0.5, 0.6) is 0 Å². The normalized spacial score (nSPS) is 17.4. The van der Waals surface area contributed by atoms with Crippen LogP contribution in [0.25, 0.3) is 10.2 Å². The van der Waals surface area contributed by atoms with Gasteiger partial charge in [0.05, 0.1) is 11.4 Å². The number of nitrogens with two attached hydrogens (primary N) is 1. The molecule has 3 heterocycles. The summed E-state index contributed by atoms with van der Waals surface area (Å²) in [5.41, 5.74) is 10.9. The summed E-state index contributed by atoms with van der Waals surface area (Å²) in [6.07, 6.45) is 6.36. The maximum Gasteiger partial charge on any atom is 0.263 e. The van der Waals surface area contributed by atoms with Crippen molar-refractivity contribution in [1.29, 1.82) is 0 Å². The van der Waals surface area contributed by atoms with Crippen molar-refractivity contribution in [2.75, 3.05) is 30.3 Å². The van der Waals surface area contributed by atoms with E-state index in [4.69, 9.17) is 5.73 Å². The molecule has 1 atom stereocenters. The molecule has 0 bridgehead atoms. The van der Waals surface area contributed by atoms with E-state index >= 15 is 0 Å². The van der Waals surface area contributed by atoms with Crippen LogP contribution in [0.15, 0.2) is 24.3 Å². The molecule has 0 radical (unpaired) electrons. The summed E-state index contributed by atoms with van der Waals surface area (Å²) < 4.78 is 13.9. The Labute approximate surface area is 198 Å². The molecule has 5 nitrogen and oxygen atoms in total. The first-order valence-electron chi connectivity index (χ1n) is 11.9. The predicted molar refractivity (Wildman–Crippen MR) is 134 cm³/mol. The molecule has 1 aliphatic heterocycles. The Kier molecular flexibility index (Phi) is 5.99. The van der Waals surface area contributed by atoms with Crippen molar-refractivity contribution in [3.63, 3.8) is 0 Å². The summed E-state index contributed by atoms with van der Waals surface area (Å²) in [5.74, 6) is 0.199. The number of halogens is 1. The molecule has 174 valence electrons. The van der Waals surface area contributed by atoms with Crippen LogP contribution in [-0.2, 0) is 0 Å². The molecule has 0 spiro atoms. The Hall–Kier alpha value is -2.67. The number of nitrogens with one attached hydrogen (secondary N) is 1. The fraction of sp³-hybridized carbons (Fsp3) is 0.462. The maximum absolute atomic E-state index is 13.9. The summed E-state index contributed by atoms with van der Waals surface area (Å²) in [6, 6.07) is 8.27. The van der Waals surface area contributed by atoms with Gasteiger partial charge >= 0.3 is 0 Å². The van der Waals surface area contributed by atoms with Crippen molar-refractivity contribution in [3.8, 4) is 0 Å². The molecule has 1 aliphatic carbocycles. The van der Waals surface area contributed by atoms with Gasteiger partial charge in [0.25, 0.3) is 5.91 Å². The van der Waals surface area contributed by atoms with Crippen LogP contribution >= 0.6 is 11.3 Å². The molecule has 0 unspecified atom stereocenters. The third-order valence-electron chi connectivity index (χ3n) is 6.96. The molecule has 7 heteroatoms. The zero-order valence-electron chi connectivity index (χ0n) is 19.3. The molecule has 1 saturated carbocycles. The van der Waals surface area contributed by atoms with E-state index in [0.29, 0.717) is 38.9 Å². The Bertz CT molecular complexity index is 1200. The summed E-state index contributed by atoms with van der Waals surface area (Å²) in [4.78, 5) is 20.7. The highest BCUT2D eigenvalue weighted by Crippen LogP contribution is 2.44. The number of hydrogen-bond donors (Lipinski definition) is 2. The largest absolute Gasteiger partial charge is 0.397 e. The quantitative estimate of drug-likeness (QED) is 0.487. The summed E-state index contributed by atoms with van der Waals surface area (Å²) in [6.45, 7) is 6.58. The number of nitrogen functional groups attached to an aromatic ring is 1. The van der Waals surface area contributed by atoms with Crippen LogP contribution in [0.3, 0.4) is 0 Å². The lowest BCUT2D eigenvalue weighted by Gasteiger charge is -2.30. The topological polar surface area (TPSA) is 71.2 Å². The van der Waals surface area contributed by atoms with Gasteiger partial charge in [-0.15, -0.1) is 11.3 Å². The number of carbonyl (C=O) groups excluding carboxylic acids is 1. The molecule has 2 fully saturated rings. The Morgan fingerprint density at radius 2 is 2.03 bits per heavy atom. The number of carbonyl (C=O) groups is 1. The van der Waals surface area contributed by atoms with Crippen LogP contribution in [0.2, 0.25) is 0 Å². The maximum atomic E-state index is 13.9. The van der Waals surface area contributed by atoms with E-state index < -0.39 is 5.82 Å². The summed E-state index contributed by atoms with van der Waals surface area (Å²) in [7, 11) is 0. The van der Waals surface area contributed by atoms with Crippen molar-refractivity contribution >= 4 is 38.8 Å². The number of nitrogens with zero attached hydrogens (tertiary/aromatic N) is 2. The molecular formula is C26H31FN4OS. The number of anilines is 2. The third kappa shape index (κ3) is 4.43. The van der Waals surface area contributed by atoms with E-state index in [-0.39, 0.29) is 11.8 Å². The van der Waals surface area contributed by atoms with Crippen molar-refractivity contribution in [3.05, 3.63) is 51.8 Å². The minimum absolute atomic E-state index is 0.188. The molecule has 1 amide bonds. The monoisotopic (exact) mass is 466 g/mol. The Morgan fingerprint density at radius 1 is 1.27 bits per heavy atom. The first-order valence-corrected chi connectivity index (χ1v) is 12.8. The number of fused-ring (bicyclic) bond motifs is 1. The van der Waals surface area contributed by atoms with E-state index in [0.717, 1.165) is 13.1 Å². The van der Waals surface area contributed by atoms with Gasteiger partial charge in [-0.1, -0.05) is 13.0 Å². The van der Waals surface area contributed by atoms with Gasteiger partial charge in [-0.3, -0.25) is 4.79 Å². The number of rotatable bonds is 6. The minimum Gasteiger partial charge on any atom is -0.397 e. The second-order valence-electron chi connectivity index (χ2n) is 9.50. The number of benzene rings is 1. The molecule has 2 aliphatic rings. The van der Waals surface area contributed by atoms with Crippen LogP contribution < -0.4 is 16.0 Å². The standard InChI is InChI=1S/C26H31FN4OS/c1-15(14-29-25(32)24-23(28)21-13-22(27)16(2)30-26(21)33-24)19-9-8-18(12-20(19)17-6-7-17)31-10-4-3-5-11-31/h8-9,12-13,15,17H,3-7,10-11,14,28H2,1-2H3,(H,29,32)/t15-/m1/s1. The van der Waals surface area contributed by atoms with Crippen molar-refractivity contribution in [2.45, 2.75) is 57.8 Å². The van der Waals surface area contributed by atoms with E-state index in [2.05, 4.69) is 40.3 Å². The molecular weight excluding hydrogens is 435 g/mol. The number of aryl methyl sites for hydroxylation is 1. The predicted octanol–water partition coefficient (Wildman–Crippen LogP) is 5.73. The van der Waals surface area contributed by atoms with Gasteiger partial charge in [-0.05, 0) is 80.2 Å². The lowest BCUT2D eigenvalue weighted by molar-refractivity contribution is 0.0956. The van der Waals surface area contributed by atoms with Gasteiger partial charge in [-0.25, -0.2) is 9.37 Å². The Morgan fingerprint density at radius 3 is 2.76 bits per heavy atom. The summed E-state index contributed by atoms with van der Waals surface area (Å²) in [5, 5.41) is 3.56. The number of hydrogen-bond acceptors (Lipinski definition) is 5. The highest BCUT2D eigenvalue weighted by molar-refractivity contribution is 7.21. The molecule has 33 heavy (non-hydrogen) atoms.